The predicted molar refractivity (Wildman–Crippen MR) is 83.9 cm³/mol. The van der Waals surface area contributed by atoms with Crippen molar-refractivity contribution in [1.29, 1.82) is 0 Å². The first-order chi connectivity index (χ1) is 9.63. The summed E-state index contributed by atoms with van der Waals surface area (Å²) in [6, 6.07) is 8.86. The maximum atomic E-state index is 5.54. The molecular formula is C17H28N2O. The Hall–Kier alpha value is -0.900. The van der Waals surface area contributed by atoms with E-state index in [0.29, 0.717) is 5.41 Å². The van der Waals surface area contributed by atoms with Gasteiger partial charge in [-0.05, 0) is 44.8 Å². The first-order valence-electron chi connectivity index (χ1n) is 7.60. The van der Waals surface area contributed by atoms with E-state index in [0.717, 1.165) is 45.7 Å². The summed E-state index contributed by atoms with van der Waals surface area (Å²) in [6.45, 7) is 7.17. The van der Waals surface area contributed by atoms with Gasteiger partial charge in [-0.25, -0.2) is 0 Å². The monoisotopic (exact) mass is 276 g/mol. The minimum absolute atomic E-state index is 0.368. The van der Waals surface area contributed by atoms with Crippen molar-refractivity contribution in [2.75, 3.05) is 40.4 Å². The number of nitrogens with one attached hydrogen (secondary N) is 1. The number of hydrogen-bond acceptors (Lipinski definition) is 3. The number of rotatable bonds is 6. The number of benzene rings is 1. The Kier molecular flexibility index (Phi) is 5.58. The van der Waals surface area contributed by atoms with Crippen molar-refractivity contribution < 1.29 is 4.74 Å². The van der Waals surface area contributed by atoms with Crippen LogP contribution in [0.25, 0.3) is 0 Å². The summed E-state index contributed by atoms with van der Waals surface area (Å²) in [6.07, 6.45) is 2.32. The average molecular weight is 276 g/mol. The van der Waals surface area contributed by atoms with Crippen molar-refractivity contribution in [1.82, 2.24) is 10.2 Å². The van der Waals surface area contributed by atoms with Crippen LogP contribution in [0.3, 0.4) is 0 Å². The summed E-state index contributed by atoms with van der Waals surface area (Å²) in [4.78, 5) is 2.45. The molecule has 1 aromatic carbocycles. The third kappa shape index (κ3) is 4.30. The Balaban J connectivity index is 1.93. The molecule has 0 spiro atoms. The lowest BCUT2D eigenvalue weighted by Gasteiger charge is -2.40. The highest BCUT2D eigenvalue weighted by Gasteiger charge is 2.32. The maximum absolute atomic E-state index is 5.54. The van der Waals surface area contributed by atoms with Crippen LogP contribution in [0.4, 0.5) is 0 Å². The molecule has 0 aliphatic carbocycles. The van der Waals surface area contributed by atoms with E-state index in [-0.39, 0.29) is 0 Å². The average Bonchev–Trinajstić information content (AvgIpc) is 2.42. The van der Waals surface area contributed by atoms with Crippen molar-refractivity contribution in [3.63, 3.8) is 0 Å². The minimum atomic E-state index is 0.368. The van der Waals surface area contributed by atoms with Crippen LogP contribution in [0.1, 0.15) is 24.0 Å². The predicted octanol–water partition coefficient (Wildman–Crippen LogP) is 2.44. The fourth-order valence-corrected chi connectivity index (χ4v) is 3.20. The molecule has 1 aromatic rings. The molecule has 3 heteroatoms. The highest BCUT2D eigenvalue weighted by molar-refractivity contribution is 5.21. The van der Waals surface area contributed by atoms with Gasteiger partial charge in [-0.2, -0.15) is 0 Å². The fraction of sp³-hybridized carbons (Fsp3) is 0.647. The van der Waals surface area contributed by atoms with Gasteiger partial charge in [0.05, 0.1) is 0 Å². The van der Waals surface area contributed by atoms with E-state index in [4.69, 9.17) is 4.74 Å². The van der Waals surface area contributed by atoms with Gasteiger partial charge in [-0.15, -0.1) is 0 Å². The zero-order chi connectivity index (χ0) is 14.4. The summed E-state index contributed by atoms with van der Waals surface area (Å²) in [5, 5.41) is 3.37. The van der Waals surface area contributed by atoms with Crippen LogP contribution in [0.5, 0.6) is 0 Å². The summed E-state index contributed by atoms with van der Waals surface area (Å²) < 4.78 is 5.54. The molecule has 0 radical (unpaired) electrons. The molecule has 1 aliphatic heterocycles. The molecule has 1 aliphatic rings. The smallest absolute Gasteiger partial charge is 0.0472 e. The molecule has 1 N–H and O–H groups in total. The van der Waals surface area contributed by atoms with Crippen LogP contribution in [-0.4, -0.2) is 45.3 Å². The molecule has 1 saturated heterocycles. The van der Waals surface area contributed by atoms with E-state index in [9.17, 15) is 0 Å². The highest BCUT2D eigenvalue weighted by atomic mass is 16.5. The van der Waals surface area contributed by atoms with Gasteiger partial charge in [0, 0.05) is 32.8 Å². The highest BCUT2D eigenvalue weighted by Crippen LogP contribution is 2.31. The lowest BCUT2D eigenvalue weighted by molar-refractivity contribution is -0.000735. The van der Waals surface area contributed by atoms with Crippen LogP contribution in [-0.2, 0) is 11.3 Å². The summed E-state index contributed by atoms with van der Waals surface area (Å²) in [7, 11) is 4.28. The van der Waals surface area contributed by atoms with Crippen LogP contribution in [0, 0.1) is 12.3 Å². The third-order valence-electron chi connectivity index (χ3n) is 4.28. The largest absolute Gasteiger partial charge is 0.381 e. The zero-order valence-electron chi connectivity index (χ0n) is 13.1. The van der Waals surface area contributed by atoms with Crippen LogP contribution >= 0.6 is 0 Å². The molecule has 112 valence electrons. The number of hydrogen-bond donors (Lipinski definition) is 1. The van der Waals surface area contributed by atoms with Crippen molar-refractivity contribution in [2.24, 2.45) is 5.41 Å². The second-order valence-corrected chi connectivity index (χ2v) is 6.30. The number of ether oxygens (including phenoxy) is 1. The van der Waals surface area contributed by atoms with Crippen molar-refractivity contribution >= 4 is 0 Å². The normalized spacial score (nSPS) is 18.4. The summed E-state index contributed by atoms with van der Waals surface area (Å²) in [5.74, 6) is 0. The molecule has 0 bridgehead atoms. The van der Waals surface area contributed by atoms with Crippen LogP contribution < -0.4 is 5.32 Å². The molecule has 1 fully saturated rings. The SMILES string of the molecule is CNCC1(CN(C)Cc2ccc(C)cc2)CCOCC1. The Morgan fingerprint density at radius 1 is 1.20 bits per heavy atom. The van der Waals surface area contributed by atoms with Gasteiger partial charge in [-0.3, -0.25) is 0 Å². The molecular weight excluding hydrogens is 248 g/mol. The molecule has 0 atom stereocenters. The summed E-state index contributed by atoms with van der Waals surface area (Å²) >= 11 is 0. The van der Waals surface area contributed by atoms with Gasteiger partial charge < -0.3 is 15.0 Å². The first-order valence-corrected chi connectivity index (χ1v) is 7.60. The standard InChI is InChI=1S/C17H28N2O/c1-15-4-6-16(7-5-15)12-19(3)14-17(13-18-2)8-10-20-11-9-17/h4-7,18H,8-14H2,1-3H3. The van der Waals surface area contributed by atoms with E-state index < -0.39 is 0 Å². The zero-order valence-corrected chi connectivity index (χ0v) is 13.1. The molecule has 0 amide bonds. The Morgan fingerprint density at radius 2 is 1.85 bits per heavy atom. The quantitative estimate of drug-likeness (QED) is 0.864. The molecule has 0 unspecified atom stereocenters. The topological polar surface area (TPSA) is 24.5 Å². The maximum Gasteiger partial charge on any atom is 0.0472 e. The van der Waals surface area contributed by atoms with Crippen LogP contribution in [0.15, 0.2) is 24.3 Å². The lowest BCUT2D eigenvalue weighted by atomic mass is 9.79. The van der Waals surface area contributed by atoms with Crippen molar-refractivity contribution in [3.05, 3.63) is 35.4 Å². The Labute approximate surface area is 123 Å². The lowest BCUT2D eigenvalue weighted by Crippen LogP contribution is -2.45. The van der Waals surface area contributed by atoms with E-state index in [1.807, 2.05) is 0 Å². The number of aryl methyl sites for hydroxylation is 1. The Morgan fingerprint density at radius 3 is 2.45 bits per heavy atom. The van der Waals surface area contributed by atoms with Gasteiger partial charge in [0.2, 0.25) is 0 Å². The van der Waals surface area contributed by atoms with Crippen molar-refractivity contribution in [2.45, 2.75) is 26.3 Å². The second-order valence-electron chi connectivity index (χ2n) is 6.30. The number of nitrogens with zero attached hydrogens (tertiary/aromatic N) is 1. The summed E-state index contributed by atoms with van der Waals surface area (Å²) in [5.41, 5.74) is 3.09. The molecule has 0 aromatic heterocycles. The molecule has 1 heterocycles. The second kappa shape index (κ2) is 7.21. The van der Waals surface area contributed by atoms with E-state index in [1.54, 1.807) is 0 Å². The fourth-order valence-electron chi connectivity index (χ4n) is 3.20. The Bertz CT molecular complexity index is 390. The molecule has 3 nitrogen and oxygen atoms in total. The first kappa shape index (κ1) is 15.5. The molecule has 0 saturated carbocycles. The van der Waals surface area contributed by atoms with Gasteiger partial charge in [0.15, 0.2) is 0 Å². The molecule has 2 rings (SSSR count). The van der Waals surface area contributed by atoms with Gasteiger partial charge >= 0.3 is 0 Å². The van der Waals surface area contributed by atoms with Gasteiger partial charge in [0.1, 0.15) is 0 Å². The molecule has 20 heavy (non-hydrogen) atoms. The van der Waals surface area contributed by atoms with E-state index >= 15 is 0 Å². The van der Waals surface area contributed by atoms with E-state index in [2.05, 4.69) is 55.5 Å². The van der Waals surface area contributed by atoms with Gasteiger partial charge in [0.25, 0.3) is 0 Å². The minimum Gasteiger partial charge on any atom is -0.381 e. The third-order valence-corrected chi connectivity index (χ3v) is 4.28. The van der Waals surface area contributed by atoms with Crippen molar-refractivity contribution in [3.8, 4) is 0 Å². The van der Waals surface area contributed by atoms with E-state index in [1.165, 1.54) is 11.1 Å². The van der Waals surface area contributed by atoms with Crippen LogP contribution in [0.2, 0.25) is 0 Å². The van der Waals surface area contributed by atoms with Gasteiger partial charge in [-0.1, -0.05) is 29.8 Å².